The van der Waals surface area contributed by atoms with Gasteiger partial charge in [0, 0.05) is 6.61 Å². The summed E-state index contributed by atoms with van der Waals surface area (Å²) in [7, 11) is 0. The van der Waals surface area contributed by atoms with E-state index in [0.717, 1.165) is 19.3 Å². The summed E-state index contributed by atoms with van der Waals surface area (Å²) in [6.07, 6.45) is 2.90. The molecule has 3 rings (SSSR count). The smallest absolute Gasteiger partial charge is 0.246 e. The lowest BCUT2D eigenvalue weighted by Gasteiger charge is -2.44. The zero-order chi connectivity index (χ0) is 12.9. The summed E-state index contributed by atoms with van der Waals surface area (Å²) < 4.78 is 5.59. The zero-order valence-corrected chi connectivity index (χ0v) is 10.9. The number of nitrogens with zero attached hydrogens (tertiary/aromatic N) is 1. The van der Waals surface area contributed by atoms with Crippen LogP contribution in [0.5, 0.6) is 0 Å². The number of hydrogen-bond donors (Lipinski definition) is 1. The summed E-state index contributed by atoms with van der Waals surface area (Å²) in [6.45, 7) is 4.85. The number of rotatable bonds is 2. The lowest BCUT2D eigenvalue weighted by molar-refractivity contribution is -0.152. The molecule has 3 unspecified atom stereocenters. The Morgan fingerprint density at radius 2 is 2.11 bits per heavy atom. The first-order valence-electron chi connectivity index (χ1n) is 6.75. The van der Waals surface area contributed by atoms with Crippen molar-refractivity contribution >= 4 is 11.8 Å². The maximum absolute atomic E-state index is 12.5. The van der Waals surface area contributed by atoms with E-state index in [1.54, 1.807) is 4.90 Å². The average Bonchev–Trinajstić information content (AvgIpc) is 3.10. The van der Waals surface area contributed by atoms with E-state index >= 15 is 0 Å². The number of ether oxygens (including phenoxy) is 1. The van der Waals surface area contributed by atoms with Crippen LogP contribution in [0.1, 0.15) is 33.1 Å². The summed E-state index contributed by atoms with van der Waals surface area (Å²) in [5.41, 5.74) is -0.331. The molecule has 0 bridgehead atoms. The van der Waals surface area contributed by atoms with Gasteiger partial charge in [-0.1, -0.05) is 0 Å². The highest BCUT2D eigenvalue weighted by atomic mass is 16.5. The largest absolute Gasteiger partial charge is 0.376 e. The molecule has 3 fully saturated rings. The van der Waals surface area contributed by atoms with Crippen LogP contribution in [0.2, 0.25) is 0 Å². The molecular weight excluding hydrogens is 232 g/mol. The molecule has 0 aromatic carbocycles. The molecule has 2 saturated heterocycles. The van der Waals surface area contributed by atoms with Gasteiger partial charge in [-0.2, -0.15) is 0 Å². The van der Waals surface area contributed by atoms with Crippen LogP contribution in [0.4, 0.5) is 0 Å². The molecule has 0 spiro atoms. The summed E-state index contributed by atoms with van der Waals surface area (Å²) in [5.74, 6) is 0.397. The highest BCUT2D eigenvalue weighted by Gasteiger charge is 2.51. The lowest BCUT2D eigenvalue weighted by atomic mass is 9.90. The number of amides is 2. The maximum atomic E-state index is 12.5. The molecule has 1 N–H and O–H groups in total. The number of hydrogen-bond acceptors (Lipinski definition) is 3. The molecule has 1 saturated carbocycles. The third-order valence-electron chi connectivity index (χ3n) is 4.71. The van der Waals surface area contributed by atoms with Crippen LogP contribution in [0.25, 0.3) is 0 Å². The van der Waals surface area contributed by atoms with Crippen LogP contribution < -0.4 is 5.32 Å². The second-order valence-electron chi connectivity index (χ2n) is 5.93. The zero-order valence-electron chi connectivity index (χ0n) is 10.9. The molecule has 2 heterocycles. The molecule has 1 aliphatic carbocycles. The average molecular weight is 252 g/mol. The molecule has 0 aromatic heterocycles. The number of carbonyl (C=O) groups excluding carboxylic acids is 2. The van der Waals surface area contributed by atoms with Crippen LogP contribution in [0.15, 0.2) is 0 Å². The molecule has 3 atom stereocenters. The molecular formula is C13H20N2O3. The van der Waals surface area contributed by atoms with E-state index in [-0.39, 0.29) is 36.0 Å². The quantitative estimate of drug-likeness (QED) is 0.768. The normalized spacial score (nSPS) is 41.1. The molecule has 100 valence electrons. The topological polar surface area (TPSA) is 58.6 Å². The Bertz CT molecular complexity index is 394. The standard InChI is InChI=1S/C13H20N2O3/c1-8-13(2,5-6-18-8)15-7-10(16)14-11(12(15)17)9-3-4-9/h8-9,11H,3-7H2,1-2H3,(H,14,16). The highest BCUT2D eigenvalue weighted by Crippen LogP contribution is 2.38. The van der Waals surface area contributed by atoms with Gasteiger partial charge in [0.15, 0.2) is 0 Å². The van der Waals surface area contributed by atoms with E-state index in [4.69, 9.17) is 4.74 Å². The van der Waals surface area contributed by atoms with E-state index in [2.05, 4.69) is 5.32 Å². The molecule has 0 radical (unpaired) electrons. The Balaban J connectivity index is 1.85. The number of carbonyl (C=O) groups is 2. The SMILES string of the molecule is CC1OCCC1(C)N1CC(=O)NC(C2CC2)C1=O. The van der Waals surface area contributed by atoms with Gasteiger partial charge in [-0.25, -0.2) is 0 Å². The van der Waals surface area contributed by atoms with Gasteiger partial charge >= 0.3 is 0 Å². The van der Waals surface area contributed by atoms with Crippen molar-refractivity contribution in [1.82, 2.24) is 10.2 Å². The van der Waals surface area contributed by atoms with Gasteiger partial charge in [-0.3, -0.25) is 9.59 Å². The van der Waals surface area contributed by atoms with Crippen LogP contribution in [0.3, 0.4) is 0 Å². The first-order chi connectivity index (χ1) is 8.52. The van der Waals surface area contributed by atoms with E-state index < -0.39 is 0 Å². The van der Waals surface area contributed by atoms with Crippen LogP contribution in [-0.4, -0.2) is 47.6 Å². The van der Waals surface area contributed by atoms with Crippen molar-refractivity contribution in [2.45, 2.75) is 50.8 Å². The predicted octanol–water partition coefficient (Wildman–Crippen LogP) is 0.291. The Morgan fingerprint density at radius 1 is 1.39 bits per heavy atom. The van der Waals surface area contributed by atoms with Crippen LogP contribution >= 0.6 is 0 Å². The molecule has 5 nitrogen and oxygen atoms in total. The Labute approximate surface area is 107 Å². The highest BCUT2D eigenvalue weighted by molar-refractivity contribution is 5.95. The van der Waals surface area contributed by atoms with Crippen molar-refractivity contribution in [3.8, 4) is 0 Å². The van der Waals surface area contributed by atoms with Gasteiger partial charge in [-0.15, -0.1) is 0 Å². The van der Waals surface area contributed by atoms with Crippen molar-refractivity contribution in [2.75, 3.05) is 13.2 Å². The van der Waals surface area contributed by atoms with Crippen molar-refractivity contribution in [1.29, 1.82) is 0 Å². The van der Waals surface area contributed by atoms with Gasteiger partial charge < -0.3 is 15.0 Å². The lowest BCUT2D eigenvalue weighted by Crippen LogP contribution is -2.66. The fourth-order valence-electron chi connectivity index (χ4n) is 3.03. The second-order valence-corrected chi connectivity index (χ2v) is 5.93. The Kier molecular flexibility index (Phi) is 2.62. The van der Waals surface area contributed by atoms with Gasteiger partial charge in [0.1, 0.15) is 12.6 Å². The van der Waals surface area contributed by atoms with Gasteiger partial charge in [0.25, 0.3) is 0 Å². The first kappa shape index (κ1) is 12.0. The van der Waals surface area contributed by atoms with Crippen LogP contribution in [0, 0.1) is 5.92 Å². The van der Waals surface area contributed by atoms with E-state index in [9.17, 15) is 9.59 Å². The third kappa shape index (κ3) is 1.72. The molecule has 18 heavy (non-hydrogen) atoms. The number of piperazine rings is 1. The minimum atomic E-state index is -0.331. The minimum absolute atomic E-state index is 0.00722. The van der Waals surface area contributed by atoms with Gasteiger partial charge in [0.2, 0.25) is 11.8 Å². The Hall–Kier alpha value is -1.10. The molecule has 3 aliphatic rings. The molecule has 5 heteroatoms. The fourth-order valence-corrected chi connectivity index (χ4v) is 3.03. The van der Waals surface area contributed by atoms with E-state index in [1.165, 1.54) is 0 Å². The fraction of sp³-hybridized carbons (Fsp3) is 0.846. The first-order valence-corrected chi connectivity index (χ1v) is 6.75. The summed E-state index contributed by atoms with van der Waals surface area (Å²) >= 11 is 0. The number of nitrogens with one attached hydrogen (secondary N) is 1. The summed E-state index contributed by atoms with van der Waals surface area (Å²) in [6, 6.07) is -0.295. The molecule has 2 amide bonds. The van der Waals surface area contributed by atoms with Crippen molar-refractivity contribution in [3.05, 3.63) is 0 Å². The van der Waals surface area contributed by atoms with E-state index in [1.807, 2.05) is 13.8 Å². The Morgan fingerprint density at radius 3 is 2.67 bits per heavy atom. The monoisotopic (exact) mass is 252 g/mol. The molecule has 0 aromatic rings. The summed E-state index contributed by atoms with van der Waals surface area (Å²) in [4.78, 5) is 26.1. The second kappa shape index (κ2) is 3.95. The van der Waals surface area contributed by atoms with Crippen molar-refractivity contribution in [2.24, 2.45) is 5.92 Å². The third-order valence-corrected chi connectivity index (χ3v) is 4.71. The van der Waals surface area contributed by atoms with Gasteiger partial charge in [0.05, 0.1) is 11.6 Å². The minimum Gasteiger partial charge on any atom is -0.376 e. The van der Waals surface area contributed by atoms with Gasteiger partial charge in [-0.05, 0) is 39.0 Å². The van der Waals surface area contributed by atoms with E-state index in [0.29, 0.717) is 12.5 Å². The predicted molar refractivity (Wildman–Crippen MR) is 64.8 cm³/mol. The molecule has 2 aliphatic heterocycles. The maximum Gasteiger partial charge on any atom is 0.246 e. The van der Waals surface area contributed by atoms with Crippen molar-refractivity contribution in [3.63, 3.8) is 0 Å². The van der Waals surface area contributed by atoms with Crippen molar-refractivity contribution < 1.29 is 14.3 Å². The summed E-state index contributed by atoms with van der Waals surface area (Å²) in [5, 5.41) is 2.84. The van der Waals surface area contributed by atoms with Crippen LogP contribution in [-0.2, 0) is 14.3 Å².